The third-order valence-corrected chi connectivity index (χ3v) is 3.47. The van der Waals surface area contributed by atoms with Crippen LogP contribution in [0.1, 0.15) is 39.5 Å². The molecule has 0 N–H and O–H groups in total. The van der Waals surface area contributed by atoms with Gasteiger partial charge in [-0.3, -0.25) is 4.79 Å². The number of rotatable bonds is 5. The second kappa shape index (κ2) is 5.50. The smallest absolute Gasteiger partial charge is 0.139 e. The van der Waals surface area contributed by atoms with Crippen molar-refractivity contribution in [1.82, 2.24) is 0 Å². The number of carbonyl (C=O) groups is 1. The first kappa shape index (κ1) is 11.7. The highest BCUT2D eigenvalue weighted by molar-refractivity contribution is 5.83. The molecule has 3 atom stereocenters. The van der Waals surface area contributed by atoms with Gasteiger partial charge in [0.2, 0.25) is 0 Å². The Morgan fingerprint density at radius 2 is 2.21 bits per heavy atom. The normalized spacial score (nSPS) is 29.1. The summed E-state index contributed by atoms with van der Waals surface area (Å²) in [4.78, 5) is 12.0. The van der Waals surface area contributed by atoms with Gasteiger partial charge in [0.1, 0.15) is 5.78 Å². The summed E-state index contributed by atoms with van der Waals surface area (Å²) in [7, 11) is 1.69. The number of ketones is 1. The number of hydrogen-bond acceptors (Lipinski definition) is 2. The maximum absolute atomic E-state index is 12.0. The molecule has 0 radical (unpaired) electrons. The van der Waals surface area contributed by atoms with Gasteiger partial charge in [0, 0.05) is 25.6 Å². The number of carbonyl (C=O) groups excluding carboxylic acids is 1. The Hall–Kier alpha value is -0.370. The van der Waals surface area contributed by atoms with Crippen molar-refractivity contribution in [2.45, 2.75) is 39.5 Å². The van der Waals surface area contributed by atoms with Crippen LogP contribution in [0.15, 0.2) is 0 Å². The zero-order valence-corrected chi connectivity index (χ0v) is 9.58. The minimum absolute atomic E-state index is 0.181. The molecule has 0 amide bonds. The third kappa shape index (κ3) is 2.81. The first-order valence-corrected chi connectivity index (χ1v) is 5.69. The van der Waals surface area contributed by atoms with Gasteiger partial charge < -0.3 is 4.74 Å². The summed E-state index contributed by atoms with van der Waals surface area (Å²) in [5.41, 5.74) is 0. The van der Waals surface area contributed by atoms with Crippen molar-refractivity contribution in [3.8, 4) is 0 Å². The molecular formula is C12H22O2. The molecule has 82 valence electrons. The fourth-order valence-electron chi connectivity index (χ4n) is 2.37. The molecule has 0 saturated heterocycles. The maximum atomic E-state index is 12.0. The lowest BCUT2D eigenvalue weighted by atomic mass is 9.86. The molecule has 1 aliphatic rings. The largest absolute Gasteiger partial charge is 0.385 e. The van der Waals surface area contributed by atoms with Gasteiger partial charge in [0.25, 0.3) is 0 Å². The van der Waals surface area contributed by atoms with Crippen LogP contribution in [0, 0.1) is 17.8 Å². The average molecular weight is 198 g/mol. The molecule has 0 aliphatic heterocycles. The molecule has 0 heterocycles. The van der Waals surface area contributed by atoms with E-state index in [4.69, 9.17) is 4.74 Å². The molecule has 1 aliphatic carbocycles. The van der Waals surface area contributed by atoms with E-state index in [9.17, 15) is 4.79 Å². The fourth-order valence-corrected chi connectivity index (χ4v) is 2.37. The average Bonchev–Trinajstić information content (AvgIpc) is 2.59. The summed E-state index contributed by atoms with van der Waals surface area (Å²) in [6, 6.07) is 0. The minimum atomic E-state index is 0.181. The van der Waals surface area contributed by atoms with E-state index < -0.39 is 0 Å². The van der Waals surface area contributed by atoms with Gasteiger partial charge in [0.05, 0.1) is 0 Å². The SMILES string of the molecule is COCCC(C)C(=O)C1CCCC1C. The van der Waals surface area contributed by atoms with Crippen molar-refractivity contribution in [3.63, 3.8) is 0 Å². The van der Waals surface area contributed by atoms with Gasteiger partial charge in [-0.2, -0.15) is 0 Å². The van der Waals surface area contributed by atoms with E-state index in [0.717, 1.165) is 12.8 Å². The highest BCUT2D eigenvalue weighted by Crippen LogP contribution is 2.33. The lowest BCUT2D eigenvalue weighted by Gasteiger charge is -2.18. The topological polar surface area (TPSA) is 26.3 Å². The second-order valence-corrected chi connectivity index (χ2v) is 4.60. The van der Waals surface area contributed by atoms with Crippen LogP contribution >= 0.6 is 0 Å². The van der Waals surface area contributed by atoms with E-state index in [1.54, 1.807) is 7.11 Å². The summed E-state index contributed by atoms with van der Waals surface area (Å²) in [6.45, 7) is 4.94. The van der Waals surface area contributed by atoms with Crippen molar-refractivity contribution in [2.75, 3.05) is 13.7 Å². The molecule has 1 fully saturated rings. The van der Waals surface area contributed by atoms with Crippen molar-refractivity contribution in [3.05, 3.63) is 0 Å². The Morgan fingerprint density at radius 1 is 1.50 bits per heavy atom. The molecular weight excluding hydrogens is 176 g/mol. The van der Waals surface area contributed by atoms with Crippen LogP contribution < -0.4 is 0 Å². The van der Waals surface area contributed by atoms with E-state index in [2.05, 4.69) is 6.92 Å². The summed E-state index contributed by atoms with van der Waals surface area (Å²) in [5.74, 6) is 1.59. The highest BCUT2D eigenvalue weighted by atomic mass is 16.5. The van der Waals surface area contributed by atoms with E-state index in [-0.39, 0.29) is 5.92 Å². The number of methoxy groups -OCH3 is 1. The monoisotopic (exact) mass is 198 g/mol. The molecule has 0 spiro atoms. The first-order valence-electron chi connectivity index (χ1n) is 5.69. The van der Waals surface area contributed by atoms with E-state index in [0.29, 0.717) is 24.2 Å². The van der Waals surface area contributed by atoms with Gasteiger partial charge in [-0.15, -0.1) is 0 Å². The fraction of sp³-hybridized carbons (Fsp3) is 0.917. The Bertz CT molecular complexity index is 189. The van der Waals surface area contributed by atoms with E-state index >= 15 is 0 Å². The van der Waals surface area contributed by atoms with Crippen molar-refractivity contribution in [1.29, 1.82) is 0 Å². The van der Waals surface area contributed by atoms with Crippen LogP contribution in [-0.2, 0) is 9.53 Å². The Balaban J connectivity index is 2.39. The highest BCUT2D eigenvalue weighted by Gasteiger charge is 2.31. The molecule has 2 nitrogen and oxygen atoms in total. The van der Waals surface area contributed by atoms with Crippen molar-refractivity contribution < 1.29 is 9.53 Å². The van der Waals surface area contributed by atoms with Crippen LogP contribution in [0.2, 0.25) is 0 Å². The summed E-state index contributed by atoms with van der Waals surface area (Å²) in [6.07, 6.45) is 4.44. The predicted molar refractivity (Wildman–Crippen MR) is 57.2 cm³/mol. The molecule has 0 bridgehead atoms. The van der Waals surface area contributed by atoms with Crippen LogP contribution in [0.25, 0.3) is 0 Å². The summed E-state index contributed by atoms with van der Waals surface area (Å²) >= 11 is 0. The predicted octanol–water partition coefficient (Wildman–Crippen LogP) is 2.66. The second-order valence-electron chi connectivity index (χ2n) is 4.60. The van der Waals surface area contributed by atoms with Crippen LogP contribution in [0.4, 0.5) is 0 Å². The Labute approximate surface area is 87.0 Å². The van der Waals surface area contributed by atoms with Crippen LogP contribution in [-0.4, -0.2) is 19.5 Å². The van der Waals surface area contributed by atoms with Crippen molar-refractivity contribution >= 4 is 5.78 Å². The zero-order valence-electron chi connectivity index (χ0n) is 9.58. The maximum Gasteiger partial charge on any atom is 0.139 e. The van der Waals surface area contributed by atoms with Gasteiger partial charge in [-0.05, 0) is 25.2 Å². The van der Waals surface area contributed by atoms with Crippen molar-refractivity contribution in [2.24, 2.45) is 17.8 Å². The van der Waals surface area contributed by atoms with E-state index in [1.807, 2.05) is 6.92 Å². The number of hydrogen-bond donors (Lipinski definition) is 0. The molecule has 14 heavy (non-hydrogen) atoms. The zero-order chi connectivity index (χ0) is 10.6. The first-order chi connectivity index (χ1) is 6.66. The molecule has 2 heteroatoms. The minimum Gasteiger partial charge on any atom is -0.385 e. The molecule has 1 saturated carbocycles. The molecule has 0 aromatic rings. The lowest BCUT2D eigenvalue weighted by Crippen LogP contribution is -2.24. The lowest BCUT2D eigenvalue weighted by molar-refractivity contribution is -0.127. The number of ether oxygens (including phenoxy) is 1. The Morgan fingerprint density at radius 3 is 2.71 bits per heavy atom. The van der Waals surface area contributed by atoms with Crippen LogP contribution in [0.3, 0.4) is 0 Å². The molecule has 3 unspecified atom stereocenters. The van der Waals surface area contributed by atoms with Gasteiger partial charge >= 0.3 is 0 Å². The number of Topliss-reactive ketones (excluding diaryl/α,β-unsaturated/α-hetero) is 1. The molecule has 0 aromatic heterocycles. The summed E-state index contributed by atoms with van der Waals surface area (Å²) in [5, 5.41) is 0. The van der Waals surface area contributed by atoms with Gasteiger partial charge in [-0.25, -0.2) is 0 Å². The Kier molecular flexibility index (Phi) is 4.59. The van der Waals surface area contributed by atoms with Crippen LogP contribution in [0.5, 0.6) is 0 Å². The van der Waals surface area contributed by atoms with Gasteiger partial charge in [0.15, 0.2) is 0 Å². The summed E-state index contributed by atoms with van der Waals surface area (Å²) < 4.78 is 5.00. The standard InChI is InChI=1S/C12H22O2/c1-9-5-4-6-11(9)12(13)10(2)7-8-14-3/h9-11H,4-8H2,1-3H3. The quantitative estimate of drug-likeness (QED) is 0.679. The van der Waals surface area contributed by atoms with E-state index in [1.165, 1.54) is 12.8 Å². The third-order valence-electron chi connectivity index (χ3n) is 3.47. The van der Waals surface area contributed by atoms with Gasteiger partial charge in [-0.1, -0.05) is 20.3 Å². The molecule has 0 aromatic carbocycles. The molecule has 1 rings (SSSR count).